The van der Waals surface area contributed by atoms with Crippen molar-refractivity contribution in [3.05, 3.63) is 45.8 Å². The van der Waals surface area contributed by atoms with Crippen LogP contribution in [0.4, 0.5) is 5.82 Å². The Bertz CT molecular complexity index is 635. The molecule has 1 aromatic heterocycles. The van der Waals surface area contributed by atoms with Gasteiger partial charge >= 0.3 is 0 Å². The summed E-state index contributed by atoms with van der Waals surface area (Å²) in [5.74, 6) is 2.52. The zero-order chi connectivity index (χ0) is 14.8. The van der Waals surface area contributed by atoms with E-state index in [1.807, 2.05) is 25.2 Å². The second-order valence-corrected chi connectivity index (χ2v) is 5.90. The number of para-hydroxylation sites is 1. The number of fused-ring (bicyclic) bond motifs is 1. The summed E-state index contributed by atoms with van der Waals surface area (Å²) in [5, 5.41) is 3.13. The van der Waals surface area contributed by atoms with Gasteiger partial charge in [0.05, 0.1) is 10.2 Å². The fourth-order valence-corrected chi connectivity index (χ4v) is 3.12. The van der Waals surface area contributed by atoms with Crippen LogP contribution in [0.3, 0.4) is 0 Å². The minimum Gasteiger partial charge on any atom is -0.482 e. The van der Waals surface area contributed by atoms with Crippen LogP contribution < -0.4 is 10.1 Å². The smallest absolute Gasteiger partial charge is 0.172 e. The second-order valence-electron chi connectivity index (χ2n) is 5.11. The Morgan fingerprint density at radius 1 is 1.33 bits per heavy atom. The number of anilines is 1. The number of hydrogen-bond acceptors (Lipinski definition) is 4. The number of benzene rings is 1. The van der Waals surface area contributed by atoms with Crippen molar-refractivity contribution in [1.29, 1.82) is 0 Å². The number of nitrogens with one attached hydrogen (secondary N) is 1. The van der Waals surface area contributed by atoms with E-state index >= 15 is 0 Å². The van der Waals surface area contributed by atoms with Gasteiger partial charge in [-0.25, -0.2) is 9.97 Å². The average molecular weight is 348 g/mol. The monoisotopic (exact) mass is 347 g/mol. The van der Waals surface area contributed by atoms with Gasteiger partial charge in [0.1, 0.15) is 11.6 Å². The largest absolute Gasteiger partial charge is 0.482 e. The first kappa shape index (κ1) is 14.3. The van der Waals surface area contributed by atoms with Crippen molar-refractivity contribution in [1.82, 2.24) is 9.97 Å². The molecule has 1 aliphatic heterocycles. The zero-order valence-corrected chi connectivity index (χ0v) is 13.8. The molecule has 1 unspecified atom stereocenters. The summed E-state index contributed by atoms with van der Waals surface area (Å²) in [6, 6.07) is 8.12. The molecule has 1 N–H and O–H groups in total. The lowest BCUT2D eigenvalue weighted by atomic mass is 10.1. The Balaban J connectivity index is 1.95. The molecule has 1 atom stereocenters. The van der Waals surface area contributed by atoms with Crippen LogP contribution in [0.15, 0.2) is 28.7 Å². The van der Waals surface area contributed by atoms with Gasteiger partial charge in [-0.15, -0.1) is 0 Å². The number of nitrogens with zero attached hydrogens (tertiary/aromatic N) is 2. The first-order valence-electron chi connectivity index (χ1n) is 7.21. The van der Waals surface area contributed by atoms with Crippen molar-refractivity contribution in [2.75, 3.05) is 12.4 Å². The van der Waals surface area contributed by atoms with Crippen LogP contribution in [0.25, 0.3) is 0 Å². The summed E-state index contributed by atoms with van der Waals surface area (Å²) in [5.41, 5.74) is 2.25. The third-order valence-electron chi connectivity index (χ3n) is 3.60. The molecule has 0 saturated carbocycles. The molecular formula is C16H18BrN3O. The molecule has 3 rings (SSSR count). The molecule has 1 aromatic carbocycles. The van der Waals surface area contributed by atoms with Gasteiger partial charge in [0.2, 0.25) is 0 Å². The molecule has 0 saturated heterocycles. The van der Waals surface area contributed by atoms with Crippen LogP contribution in [0.2, 0.25) is 0 Å². The molecule has 4 nitrogen and oxygen atoms in total. The minimum atomic E-state index is -0.0989. The Morgan fingerprint density at radius 3 is 2.86 bits per heavy atom. The lowest BCUT2D eigenvalue weighted by molar-refractivity contribution is 0.227. The van der Waals surface area contributed by atoms with Gasteiger partial charge in [0.25, 0.3) is 0 Å². The third-order valence-corrected chi connectivity index (χ3v) is 4.43. The highest BCUT2D eigenvalue weighted by Crippen LogP contribution is 2.36. The highest BCUT2D eigenvalue weighted by molar-refractivity contribution is 9.10. The van der Waals surface area contributed by atoms with Crippen molar-refractivity contribution in [3.63, 3.8) is 0 Å². The fraction of sp³-hybridized carbons (Fsp3) is 0.375. The predicted octanol–water partition coefficient (Wildman–Crippen LogP) is 3.91. The van der Waals surface area contributed by atoms with Crippen LogP contribution in [0.5, 0.6) is 5.75 Å². The number of aromatic nitrogens is 2. The maximum absolute atomic E-state index is 6.00. The molecule has 21 heavy (non-hydrogen) atoms. The molecule has 2 aromatic rings. The maximum Gasteiger partial charge on any atom is 0.172 e. The molecule has 2 heterocycles. The molecule has 110 valence electrons. The zero-order valence-electron chi connectivity index (χ0n) is 12.2. The van der Waals surface area contributed by atoms with Crippen LogP contribution in [-0.4, -0.2) is 17.0 Å². The van der Waals surface area contributed by atoms with Gasteiger partial charge in [-0.05, 0) is 34.0 Å². The standard InChI is InChI=1S/C16H18BrN3O/c1-3-6-11-14(17)16(18-2)20-15(19-11)13-9-10-7-4-5-8-12(10)21-13/h4-5,7-8,13H,3,6,9H2,1-2H3,(H,18,19,20). The van der Waals surface area contributed by atoms with E-state index in [0.29, 0.717) is 0 Å². The van der Waals surface area contributed by atoms with E-state index < -0.39 is 0 Å². The van der Waals surface area contributed by atoms with Crippen LogP contribution in [-0.2, 0) is 12.8 Å². The molecule has 0 aliphatic carbocycles. The summed E-state index contributed by atoms with van der Waals surface area (Å²) in [6.45, 7) is 2.15. The van der Waals surface area contributed by atoms with E-state index in [-0.39, 0.29) is 6.10 Å². The first-order chi connectivity index (χ1) is 10.2. The number of hydrogen-bond donors (Lipinski definition) is 1. The number of ether oxygens (including phenoxy) is 1. The lowest BCUT2D eigenvalue weighted by Crippen LogP contribution is -2.12. The molecule has 0 amide bonds. The van der Waals surface area contributed by atoms with Crippen molar-refractivity contribution >= 4 is 21.7 Å². The predicted molar refractivity (Wildman–Crippen MR) is 86.8 cm³/mol. The molecule has 0 radical (unpaired) electrons. The van der Waals surface area contributed by atoms with E-state index in [1.54, 1.807) is 0 Å². The van der Waals surface area contributed by atoms with Crippen molar-refractivity contribution in [2.24, 2.45) is 0 Å². The van der Waals surface area contributed by atoms with E-state index in [2.05, 4.69) is 39.2 Å². The molecule has 1 aliphatic rings. The van der Waals surface area contributed by atoms with Crippen LogP contribution in [0, 0.1) is 0 Å². The van der Waals surface area contributed by atoms with Gasteiger partial charge in [-0.3, -0.25) is 0 Å². The molecule has 5 heteroatoms. The average Bonchev–Trinajstić information content (AvgIpc) is 2.93. The Labute approximate surface area is 133 Å². The van der Waals surface area contributed by atoms with E-state index in [9.17, 15) is 0 Å². The number of aryl methyl sites for hydroxylation is 1. The molecule has 0 spiro atoms. The molecular weight excluding hydrogens is 330 g/mol. The van der Waals surface area contributed by atoms with E-state index in [1.165, 1.54) is 5.56 Å². The maximum atomic E-state index is 6.00. The summed E-state index contributed by atoms with van der Waals surface area (Å²) >= 11 is 3.59. The fourth-order valence-electron chi connectivity index (χ4n) is 2.55. The Morgan fingerprint density at radius 2 is 2.14 bits per heavy atom. The summed E-state index contributed by atoms with van der Waals surface area (Å²) in [6.07, 6.45) is 2.69. The first-order valence-corrected chi connectivity index (χ1v) is 8.00. The highest BCUT2D eigenvalue weighted by atomic mass is 79.9. The third kappa shape index (κ3) is 2.75. The molecule has 0 fully saturated rings. The number of halogens is 1. The SMILES string of the molecule is CCCc1nc(C2Cc3ccccc3O2)nc(NC)c1Br. The normalized spacial score (nSPS) is 16.4. The second kappa shape index (κ2) is 6.02. The highest BCUT2D eigenvalue weighted by Gasteiger charge is 2.27. The van der Waals surface area contributed by atoms with Crippen molar-refractivity contribution in [2.45, 2.75) is 32.3 Å². The Hall–Kier alpha value is -1.62. The Kier molecular flexibility index (Phi) is 4.10. The van der Waals surface area contributed by atoms with Crippen molar-refractivity contribution in [3.8, 4) is 5.75 Å². The van der Waals surface area contributed by atoms with Crippen LogP contribution in [0.1, 0.15) is 36.5 Å². The minimum absolute atomic E-state index is 0.0989. The summed E-state index contributed by atoms with van der Waals surface area (Å²) in [4.78, 5) is 9.32. The van der Waals surface area contributed by atoms with Gasteiger partial charge in [0, 0.05) is 13.5 Å². The summed E-state index contributed by atoms with van der Waals surface area (Å²) in [7, 11) is 1.87. The van der Waals surface area contributed by atoms with Gasteiger partial charge in [-0.2, -0.15) is 0 Å². The van der Waals surface area contributed by atoms with E-state index in [4.69, 9.17) is 9.72 Å². The molecule has 0 bridgehead atoms. The van der Waals surface area contributed by atoms with Gasteiger partial charge in [0.15, 0.2) is 11.9 Å². The topological polar surface area (TPSA) is 47.0 Å². The van der Waals surface area contributed by atoms with E-state index in [0.717, 1.165) is 46.8 Å². The summed E-state index contributed by atoms with van der Waals surface area (Å²) < 4.78 is 6.95. The van der Waals surface area contributed by atoms with Gasteiger partial charge in [-0.1, -0.05) is 31.5 Å². The van der Waals surface area contributed by atoms with Crippen LogP contribution >= 0.6 is 15.9 Å². The quantitative estimate of drug-likeness (QED) is 0.910. The van der Waals surface area contributed by atoms with Crippen molar-refractivity contribution < 1.29 is 4.74 Å². The number of rotatable bonds is 4. The van der Waals surface area contributed by atoms with Gasteiger partial charge < -0.3 is 10.1 Å². The lowest BCUT2D eigenvalue weighted by Gasteiger charge is -2.14.